The van der Waals surface area contributed by atoms with Crippen molar-refractivity contribution in [2.24, 2.45) is 0 Å². The Labute approximate surface area is 84.5 Å². The number of carbonyl (C=O) groups excluding carboxylic acids is 1. The van der Waals surface area contributed by atoms with E-state index in [1.165, 1.54) is 4.90 Å². The molecule has 0 unspecified atom stereocenters. The van der Waals surface area contributed by atoms with Crippen LogP contribution in [0.25, 0.3) is 0 Å². The van der Waals surface area contributed by atoms with Gasteiger partial charge in [-0.05, 0) is 6.92 Å². The molecule has 4 heteroatoms. The molecule has 0 aliphatic carbocycles. The summed E-state index contributed by atoms with van der Waals surface area (Å²) in [4.78, 5) is 12.5. The van der Waals surface area contributed by atoms with Crippen molar-refractivity contribution in [3.8, 4) is 0 Å². The van der Waals surface area contributed by atoms with Gasteiger partial charge in [0.15, 0.2) is 0 Å². The van der Waals surface area contributed by atoms with E-state index in [2.05, 4.69) is 6.58 Å². The van der Waals surface area contributed by atoms with Gasteiger partial charge in [0.05, 0.1) is 13.2 Å². The number of ether oxygens (including phenoxy) is 2. The first-order valence-corrected chi connectivity index (χ1v) is 4.94. The fourth-order valence-electron chi connectivity index (χ4n) is 1.32. The van der Waals surface area contributed by atoms with Crippen LogP contribution in [0.5, 0.6) is 0 Å². The van der Waals surface area contributed by atoms with Crippen molar-refractivity contribution in [1.29, 1.82) is 0 Å². The van der Waals surface area contributed by atoms with Gasteiger partial charge < -0.3 is 14.4 Å². The van der Waals surface area contributed by atoms with Gasteiger partial charge in [-0.3, -0.25) is 0 Å². The third-order valence-electron chi connectivity index (χ3n) is 2.24. The zero-order valence-corrected chi connectivity index (χ0v) is 8.67. The lowest BCUT2D eigenvalue weighted by Crippen LogP contribution is -3.14. The number of hydrogen-bond acceptors (Lipinski definition) is 3. The molecule has 0 aromatic carbocycles. The van der Waals surface area contributed by atoms with Crippen LogP contribution in [0, 0.1) is 0 Å². The fraction of sp³-hybridized carbons (Fsp3) is 0.700. The first-order chi connectivity index (χ1) is 6.70. The molecule has 0 amide bonds. The monoisotopic (exact) mass is 200 g/mol. The normalized spacial score (nSPS) is 17.8. The summed E-state index contributed by atoms with van der Waals surface area (Å²) in [6.45, 7) is 10.1. The van der Waals surface area contributed by atoms with Crippen LogP contribution >= 0.6 is 0 Å². The van der Waals surface area contributed by atoms with E-state index < -0.39 is 0 Å². The van der Waals surface area contributed by atoms with Crippen LogP contribution in [0.2, 0.25) is 0 Å². The van der Waals surface area contributed by atoms with E-state index in [9.17, 15) is 4.79 Å². The van der Waals surface area contributed by atoms with Gasteiger partial charge in [0.25, 0.3) is 0 Å². The van der Waals surface area contributed by atoms with Crippen molar-refractivity contribution < 1.29 is 19.2 Å². The minimum atomic E-state index is -0.294. The summed E-state index contributed by atoms with van der Waals surface area (Å²) in [5.41, 5.74) is 0.460. The average Bonchev–Trinajstić information content (AvgIpc) is 2.19. The number of esters is 1. The summed E-state index contributed by atoms with van der Waals surface area (Å²) in [6.07, 6.45) is 0. The van der Waals surface area contributed by atoms with E-state index in [0.29, 0.717) is 12.2 Å². The predicted molar refractivity (Wildman–Crippen MR) is 52.2 cm³/mol. The predicted octanol–water partition coefficient (Wildman–Crippen LogP) is -0.979. The summed E-state index contributed by atoms with van der Waals surface area (Å²) >= 11 is 0. The molecule has 4 nitrogen and oxygen atoms in total. The highest BCUT2D eigenvalue weighted by Crippen LogP contribution is 1.90. The van der Waals surface area contributed by atoms with Crippen molar-refractivity contribution >= 4 is 5.97 Å². The fourth-order valence-corrected chi connectivity index (χ4v) is 1.32. The number of morpholine rings is 1. The molecule has 80 valence electrons. The van der Waals surface area contributed by atoms with Gasteiger partial charge in [-0.1, -0.05) is 6.58 Å². The molecular formula is C10H18NO3+. The topological polar surface area (TPSA) is 40.0 Å². The highest BCUT2D eigenvalue weighted by molar-refractivity contribution is 5.86. The maximum absolute atomic E-state index is 11.0. The third kappa shape index (κ3) is 3.89. The highest BCUT2D eigenvalue weighted by Gasteiger charge is 2.14. The summed E-state index contributed by atoms with van der Waals surface area (Å²) in [6, 6.07) is 0. The minimum Gasteiger partial charge on any atom is -0.456 e. The molecule has 1 heterocycles. The van der Waals surface area contributed by atoms with Gasteiger partial charge in [0.2, 0.25) is 0 Å². The Morgan fingerprint density at radius 1 is 1.50 bits per heavy atom. The Kier molecular flexibility index (Phi) is 4.62. The number of nitrogens with one attached hydrogen (secondary N) is 1. The molecule has 0 saturated carbocycles. The minimum absolute atomic E-state index is 0.294. The summed E-state index contributed by atoms with van der Waals surface area (Å²) in [7, 11) is 0. The Morgan fingerprint density at radius 3 is 2.71 bits per heavy atom. The Morgan fingerprint density at radius 2 is 2.14 bits per heavy atom. The number of hydrogen-bond donors (Lipinski definition) is 1. The van der Waals surface area contributed by atoms with Crippen LogP contribution in [0.1, 0.15) is 6.92 Å². The average molecular weight is 200 g/mol. The van der Waals surface area contributed by atoms with Crippen molar-refractivity contribution in [3.63, 3.8) is 0 Å². The van der Waals surface area contributed by atoms with Gasteiger partial charge >= 0.3 is 5.97 Å². The van der Waals surface area contributed by atoms with Crippen LogP contribution in [-0.4, -0.2) is 45.4 Å². The number of rotatable bonds is 4. The van der Waals surface area contributed by atoms with Gasteiger partial charge in [-0.25, -0.2) is 4.79 Å². The van der Waals surface area contributed by atoms with Crippen molar-refractivity contribution in [2.45, 2.75) is 6.92 Å². The van der Waals surface area contributed by atoms with Crippen LogP contribution in [0.15, 0.2) is 12.2 Å². The van der Waals surface area contributed by atoms with Crippen molar-refractivity contribution in [1.82, 2.24) is 0 Å². The van der Waals surface area contributed by atoms with Crippen LogP contribution in [0.3, 0.4) is 0 Å². The molecule has 1 aliphatic heterocycles. The van der Waals surface area contributed by atoms with Crippen molar-refractivity contribution in [2.75, 3.05) is 39.5 Å². The third-order valence-corrected chi connectivity index (χ3v) is 2.24. The van der Waals surface area contributed by atoms with E-state index in [-0.39, 0.29) is 5.97 Å². The molecular weight excluding hydrogens is 182 g/mol. The van der Waals surface area contributed by atoms with Crippen LogP contribution in [0.4, 0.5) is 0 Å². The van der Waals surface area contributed by atoms with E-state index >= 15 is 0 Å². The van der Waals surface area contributed by atoms with E-state index in [1.54, 1.807) is 6.92 Å². The highest BCUT2D eigenvalue weighted by atomic mass is 16.5. The van der Waals surface area contributed by atoms with E-state index in [1.807, 2.05) is 0 Å². The van der Waals surface area contributed by atoms with Crippen LogP contribution < -0.4 is 4.90 Å². The largest absolute Gasteiger partial charge is 0.456 e. The molecule has 0 radical (unpaired) electrons. The molecule has 14 heavy (non-hydrogen) atoms. The zero-order chi connectivity index (χ0) is 10.4. The lowest BCUT2D eigenvalue weighted by atomic mass is 10.4. The molecule has 0 aromatic rings. The van der Waals surface area contributed by atoms with Crippen LogP contribution in [-0.2, 0) is 14.3 Å². The number of quaternary nitrogens is 1. The van der Waals surface area contributed by atoms with Gasteiger partial charge in [-0.2, -0.15) is 0 Å². The SMILES string of the molecule is C=C(C)C(=O)OCC[NH+]1CCOCC1. The van der Waals surface area contributed by atoms with Gasteiger partial charge in [0, 0.05) is 5.57 Å². The molecule has 0 bridgehead atoms. The lowest BCUT2D eigenvalue weighted by molar-refractivity contribution is -0.908. The smallest absolute Gasteiger partial charge is 0.333 e. The Balaban J connectivity index is 2.08. The maximum Gasteiger partial charge on any atom is 0.333 e. The molecule has 1 rings (SSSR count). The zero-order valence-electron chi connectivity index (χ0n) is 8.67. The van der Waals surface area contributed by atoms with Gasteiger partial charge in [-0.15, -0.1) is 0 Å². The second-order valence-corrected chi connectivity index (χ2v) is 3.53. The second-order valence-electron chi connectivity index (χ2n) is 3.53. The second kappa shape index (κ2) is 5.78. The first kappa shape index (κ1) is 11.2. The number of carbonyl (C=O) groups is 1. The molecule has 0 aromatic heterocycles. The Hall–Kier alpha value is -0.870. The van der Waals surface area contributed by atoms with Crippen molar-refractivity contribution in [3.05, 3.63) is 12.2 Å². The summed E-state index contributed by atoms with van der Waals surface area (Å²) in [5, 5.41) is 0. The summed E-state index contributed by atoms with van der Waals surface area (Å²) in [5.74, 6) is -0.294. The quantitative estimate of drug-likeness (QED) is 0.468. The molecule has 1 saturated heterocycles. The van der Waals surface area contributed by atoms with E-state index in [4.69, 9.17) is 9.47 Å². The first-order valence-electron chi connectivity index (χ1n) is 4.94. The van der Waals surface area contributed by atoms with Gasteiger partial charge in [0.1, 0.15) is 26.2 Å². The Bertz CT molecular complexity index is 209. The van der Waals surface area contributed by atoms with E-state index in [0.717, 1.165) is 32.8 Å². The lowest BCUT2D eigenvalue weighted by Gasteiger charge is -2.23. The summed E-state index contributed by atoms with van der Waals surface area (Å²) < 4.78 is 10.2. The standard InChI is InChI=1S/C10H17NO3/c1-9(2)10(12)14-8-5-11-3-6-13-7-4-11/h1,3-8H2,2H3/p+1. The molecule has 1 aliphatic rings. The molecule has 1 fully saturated rings. The molecule has 1 N–H and O–H groups in total. The maximum atomic E-state index is 11.0. The molecule has 0 spiro atoms. The molecule has 0 atom stereocenters.